The molecule has 1 amide bonds. The Morgan fingerprint density at radius 2 is 2.09 bits per heavy atom. The van der Waals surface area contributed by atoms with Crippen molar-refractivity contribution in [2.75, 3.05) is 6.54 Å². The Morgan fingerprint density at radius 1 is 1.32 bits per heavy atom. The van der Waals surface area contributed by atoms with Crippen LogP contribution < -0.4 is 5.32 Å². The third-order valence-corrected chi connectivity index (χ3v) is 3.63. The van der Waals surface area contributed by atoms with Gasteiger partial charge in [-0.2, -0.15) is 5.10 Å². The molecule has 0 spiro atoms. The Balaban J connectivity index is 2.01. The zero-order chi connectivity index (χ0) is 15.7. The number of aliphatic carboxylic acids is 1. The largest absolute Gasteiger partial charge is 0.480 e. The monoisotopic (exact) mass is 303 g/mol. The smallest absolute Gasteiger partial charge is 0.322 e. The zero-order valence-corrected chi connectivity index (χ0v) is 11.7. The van der Waals surface area contributed by atoms with E-state index in [2.05, 4.69) is 10.4 Å². The second kappa shape index (κ2) is 5.59. The number of carbonyl (C=O) groups excluding carboxylic acids is 1. The summed E-state index contributed by atoms with van der Waals surface area (Å²) in [5.41, 5.74) is 2.05. The van der Waals surface area contributed by atoms with Gasteiger partial charge in [-0.25, -0.2) is 9.07 Å². The molecule has 0 saturated heterocycles. The number of carbonyl (C=O) groups is 2. The van der Waals surface area contributed by atoms with Crippen LogP contribution in [0.2, 0.25) is 0 Å². The van der Waals surface area contributed by atoms with Crippen molar-refractivity contribution >= 4 is 11.9 Å². The van der Waals surface area contributed by atoms with Crippen LogP contribution in [0.15, 0.2) is 24.3 Å². The molecule has 1 aromatic heterocycles. The Morgan fingerprint density at radius 3 is 2.82 bits per heavy atom. The summed E-state index contributed by atoms with van der Waals surface area (Å²) in [6, 6.07) is 6.22. The first kappa shape index (κ1) is 14.2. The topological polar surface area (TPSA) is 84.2 Å². The molecule has 2 N–H and O–H groups in total. The van der Waals surface area contributed by atoms with Gasteiger partial charge in [0.1, 0.15) is 18.0 Å². The van der Waals surface area contributed by atoms with E-state index >= 15 is 0 Å². The summed E-state index contributed by atoms with van der Waals surface area (Å²) in [6.07, 6.45) is 2.25. The second-order valence-electron chi connectivity index (χ2n) is 5.07. The third-order valence-electron chi connectivity index (χ3n) is 3.63. The molecular weight excluding hydrogens is 289 g/mol. The third kappa shape index (κ3) is 2.45. The Labute approximate surface area is 125 Å². The predicted octanol–water partition coefficient (Wildman–Crippen LogP) is 1.31. The number of benzene rings is 1. The maximum atomic E-state index is 14.0. The molecule has 114 valence electrons. The summed E-state index contributed by atoms with van der Waals surface area (Å²) < 4.78 is 15.4. The molecule has 2 aromatic rings. The molecule has 6 nitrogen and oxygen atoms in total. The normalized spacial score (nSPS) is 13.0. The average Bonchev–Trinajstić information content (AvgIpc) is 3.07. The first-order valence-corrected chi connectivity index (χ1v) is 6.93. The van der Waals surface area contributed by atoms with Gasteiger partial charge in [0.05, 0.1) is 0 Å². The highest BCUT2D eigenvalue weighted by atomic mass is 19.1. The van der Waals surface area contributed by atoms with Crippen LogP contribution in [0.3, 0.4) is 0 Å². The van der Waals surface area contributed by atoms with Crippen molar-refractivity contribution in [2.45, 2.75) is 19.3 Å². The Hall–Kier alpha value is -2.70. The molecule has 0 fully saturated rings. The number of amides is 1. The SMILES string of the molecule is O=C(O)CNC(=O)c1nn(-c2ccccc2F)c2c1CCC2. The van der Waals surface area contributed by atoms with Crippen LogP contribution in [0, 0.1) is 5.82 Å². The van der Waals surface area contributed by atoms with E-state index in [1.807, 2.05) is 0 Å². The van der Waals surface area contributed by atoms with Gasteiger partial charge < -0.3 is 10.4 Å². The van der Waals surface area contributed by atoms with Crippen molar-refractivity contribution in [3.8, 4) is 5.69 Å². The molecule has 0 radical (unpaired) electrons. The molecular formula is C15H14FN3O3. The number of hydrogen-bond acceptors (Lipinski definition) is 3. The summed E-state index contributed by atoms with van der Waals surface area (Å²) >= 11 is 0. The quantitative estimate of drug-likeness (QED) is 0.892. The van der Waals surface area contributed by atoms with E-state index in [9.17, 15) is 14.0 Å². The van der Waals surface area contributed by atoms with Crippen LogP contribution >= 0.6 is 0 Å². The van der Waals surface area contributed by atoms with Gasteiger partial charge in [-0.05, 0) is 31.4 Å². The van der Waals surface area contributed by atoms with E-state index in [0.29, 0.717) is 12.8 Å². The molecule has 7 heteroatoms. The van der Waals surface area contributed by atoms with Crippen molar-refractivity contribution in [2.24, 2.45) is 0 Å². The number of nitrogens with one attached hydrogen (secondary N) is 1. The number of para-hydroxylation sites is 1. The molecule has 1 heterocycles. The minimum atomic E-state index is -1.13. The van der Waals surface area contributed by atoms with E-state index in [4.69, 9.17) is 5.11 Å². The molecule has 0 bridgehead atoms. The molecule has 0 aliphatic heterocycles. The van der Waals surface area contributed by atoms with Gasteiger partial charge in [0, 0.05) is 11.3 Å². The number of carboxylic acid groups (broad SMARTS) is 1. The number of fused-ring (bicyclic) bond motifs is 1. The van der Waals surface area contributed by atoms with Crippen LogP contribution in [-0.2, 0) is 17.6 Å². The van der Waals surface area contributed by atoms with Gasteiger partial charge >= 0.3 is 5.97 Å². The van der Waals surface area contributed by atoms with Crippen LogP contribution in [0.4, 0.5) is 4.39 Å². The summed E-state index contributed by atoms with van der Waals surface area (Å²) in [4.78, 5) is 22.6. The van der Waals surface area contributed by atoms with Crippen LogP contribution in [-0.4, -0.2) is 33.3 Å². The highest BCUT2D eigenvalue weighted by molar-refractivity contribution is 5.95. The van der Waals surface area contributed by atoms with Crippen molar-refractivity contribution in [1.82, 2.24) is 15.1 Å². The first-order chi connectivity index (χ1) is 10.6. The maximum Gasteiger partial charge on any atom is 0.322 e. The molecule has 1 aliphatic rings. The number of carboxylic acids is 1. The van der Waals surface area contributed by atoms with Gasteiger partial charge in [-0.1, -0.05) is 12.1 Å². The summed E-state index contributed by atoms with van der Waals surface area (Å²) in [6.45, 7) is -0.472. The average molecular weight is 303 g/mol. The lowest BCUT2D eigenvalue weighted by Crippen LogP contribution is -2.30. The lowest BCUT2D eigenvalue weighted by molar-refractivity contribution is -0.135. The summed E-state index contributed by atoms with van der Waals surface area (Å²) in [7, 11) is 0. The van der Waals surface area contributed by atoms with Gasteiger partial charge in [0.2, 0.25) is 0 Å². The second-order valence-corrected chi connectivity index (χ2v) is 5.07. The van der Waals surface area contributed by atoms with Crippen molar-refractivity contribution in [1.29, 1.82) is 0 Å². The van der Waals surface area contributed by atoms with Crippen LogP contribution in [0.1, 0.15) is 28.2 Å². The first-order valence-electron chi connectivity index (χ1n) is 6.93. The lowest BCUT2D eigenvalue weighted by atomic mass is 10.2. The minimum Gasteiger partial charge on any atom is -0.480 e. The van der Waals surface area contributed by atoms with E-state index in [-0.39, 0.29) is 11.4 Å². The Bertz CT molecular complexity index is 754. The number of hydrogen-bond donors (Lipinski definition) is 2. The molecule has 22 heavy (non-hydrogen) atoms. The molecule has 1 aromatic carbocycles. The minimum absolute atomic E-state index is 0.178. The van der Waals surface area contributed by atoms with E-state index in [1.54, 1.807) is 18.2 Å². The zero-order valence-electron chi connectivity index (χ0n) is 11.7. The summed E-state index contributed by atoms with van der Waals surface area (Å²) in [5, 5.41) is 15.1. The number of halogens is 1. The van der Waals surface area contributed by atoms with Gasteiger partial charge in [-0.15, -0.1) is 0 Å². The molecule has 3 rings (SSSR count). The van der Waals surface area contributed by atoms with E-state index in [1.165, 1.54) is 10.7 Å². The fourth-order valence-electron chi connectivity index (χ4n) is 2.68. The van der Waals surface area contributed by atoms with E-state index in [0.717, 1.165) is 17.7 Å². The Kier molecular flexibility index (Phi) is 3.62. The highest BCUT2D eigenvalue weighted by Crippen LogP contribution is 2.28. The van der Waals surface area contributed by atoms with Gasteiger partial charge in [0.15, 0.2) is 5.69 Å². The number of nitrogens with zero attached hydrogens (tertiary/aromatic N) is 2. The fourth-order valence-corrected chi connectivity index (χ4v) is 2.68. The van der Waals surface area contributed by atoms with Crippen molar-refractivity contribution in [3.05, 3.63) is 47.0 Å². The van der Waals surface area contributed by atoms with Crippen LogP contribution in [0.5, 0.6) is 0 Å². The van der Waals surface area contributed by atoms with Crippen molar-refractivity contribution < 1.29 is 19.1 Å². The summed E-state index contributed by atoms with van der Waals surface area (Å²) in [5.74, 6) is -2.09. The molecule has 0 unspecified atom stereocenters. The lowest BCUT2D eigenvalue weighted by Gasteiger charge is -2.06. The van der Waals surface area contributed by atoms with Gasteiger partial charge in [-0.3, -0.25) is 9.59 Å². The van der Waals surface area contributed by atoms with Gasteiger partial charge in [0.25, 0.3) is 5.91 Å². The standard InChI is InChI=1S/C15H14FN3O3/c16-10-5-1-2-6-12(10)19-11-7-3-4-9(11)14(18-19)15(22)17-8-13(20)21/h1-2,5-6H,3-4,7-8H2,(H,17,22)(H,20,21). The van der Waals surface area contributed by atoms with Crippen LogP contribution in [0.25, 0.3) is 5.69 Å². The molecule has 0 saturated carbocycles. The molecule has 1 aliphatic carbocycles. The highest BCUT2D eigenvalue weighted by Gasteiger charge is 2.27. The van der Waals surface area contributed by atoms with E-state index < -0.39 is 24.2 Å². The number of rotatable bonds is 4. The number of aromatic nitrogens is 2. The maximum absolute atomic E-state index is 14.0. The predicted molar refractivity (Wildman–Crippen MR) is 75.5 cm³/mol. The van der Waals surface area contributed by atoms with Crippen molar-refractivity contribution in [3.63, 3.8) is 0 Å². The fraction of sp³-hybridized carbons (Fsp3) is 0.267. The molecule has 0 atom stereocenters.